The molecule has 0 bridgehead atoms. The molecule has 37 heavy (non-hydrogen) atoms. The van der Waals surface area contributed by atoms with Crippen LogP contribution in [0.15, 0.2) is 65.3 Å². The Hall–Kier alpha value is -4.93. The molecule has 3 aromatic heterocycles. The number of amides is 4. The molecule has 4 amide bonds. The van der Waals surface area contributed by atoms with Crippen LogP contribution in [0.4, 0.5) is 16.3 Å². The van der Waals surface area contributed by atoms with Crippen LogP contribution >= 0.6 is 0 Å². The van der Waals surface area contributed by atoms with Gasteiger partial charge in [-0.05, 0) is 42.0 Å². The highest BCUT2D eigenvalue weighted by atomic mass is 16.5. The van der Waals surface area contributed by atoms with Gasteiger partial charge in [0.15, 0.2) is 5.58 Å². The number of benzene rings is 1. The molecule has 6 rings (SSSR count). The fourth-order valence-corrected chi connectivity index (χ4v) is 4.79. The zero-order valence-electron chi connectivity index (χ0n) is 19.8. The fraction of sp³-hybridized carbons (Fsp3) is 0.192. The second-order valence-electron chi connectivity index (χ2n) is 9.00. The minimum Gasteiger partial charge on any atom is -0.497 e. The SMILES string of the molecule is COc1ccc2c(c1)C(=O)N(CC1(c3cc4nc(Nc5ccncc5)ccc4o3)CC(=O)NC(=O)N1)C2. The maximum absolute atomic E-state index is 13.3. The van der Waals surface area contributed by atoms with E-state index < -0.39 is 17.5 Å². The van der Waals surface area contributed by atoms with Crippen molar-refractivity contribution < 1.29 is 23.5 Å². The molecule has 2 aliphatic rings. The zero-order chi connectivity index (χ0) is 25.6. The fourth-order valence-electron chi connectivity index (χ4n) is 4.79. The van der Waals surface area contributed by atoms with E-state index >= 15 is 0 Å². The highest BCUT2D eigenvalue weighted by molar-refractivity contribution is 6.00. The first-order valence-electron chi connectivity index (χ1n) is 11.6. The second kappa shape index (κ2) is 8.63. The van der Waals surface area contributed by atoms with Crippen molar-refractivity contribution in [2.45, 2.75) is 18.5 Å². The number of methoxy groups -OCH3 is 1. The van der Waals surface area contributed by atoms with Crippen LogP contribution in [-0.2, 0) is 16.9 Å². The molecule has 5 heterocycles. The number of furan rings is 1. The summed E-state index contributed by atoms with van der Waals surface area (Å²) in [7, 11) is 1.54. The van der Waals surface area contributed by atoms with Gasteiger partial charge in [0.25, 0.3) is 5.91 Å². The summed E-state index contributed by atoms with van der Waals surface area (Å²) >= 11 is 0. The van der Waals surface area contributed by atoms with Gasteiger partial charge in [-0.15, -0.1) is 0 Å². The lowest BCUT2D eigenvalue weighted by Crippen LogP contribution is -2.62. The van der Waals surface area contributed by atoms with Crippen molar-refractivity contribution in [1.82, 2.24) is 25.5 Å². The van der Waals surface area contributed by atoms with Crippen molar-refractivity contribution in [3.63, 3.8) is 0 Å². The quantitative estimate of drug-likeness (QED) is 0.369. The number of nitrogens with one attached hydrogen (secondary N) is 3. The van der Waals surface area contributed by atoms with Gasteiger partial charge in [0.2, 0.25) is 5.91 Å². The van der Waals surface area contributed by atoms with E-state index in [9.17, 15) is 14.4 Å². The molecule has 0 saturated carbocycles. The third-order valence-electron chi connectivity index (χ3n) is 6.52. The summed E-state index contributed by atoms with van der Waals surface area (Å²) in [4.78, 5) is 48.5. The number of fused-ring (bicyclic) bond motifs is 2. The number of pyridine rings is 2. The molecule has 1 aromatic carbocycles. The standard InChI is InChI=1S/C26H22N6O5/c1-36-17-3-2-15-13-32(24(34)18(15)10-17)14-26(12-23(33)30-25(35)31-26)21-11-19-20(37-21)4-5-22(29-19)28-16-6-8-27-9-7-16/h2-11H,12-14H2,1H3,(H,27,28,29)(H2,30,31,33,35). The molecule has 11 heteroatoms. The van der Waals surface area contributed by atoms with E-state index in [1.165, 1.54) is 7.11 Å². The van der Waals surface area contributed by atoms with Crippen molar-refractivity contribution in [1.29, 1.82) is 0 Å². The van der Waals surface area contributed by atoms with Crippen LogP contribution in [0.3, 0.4) is 0 Å². The van der Waals surface area contributed by atoms with Crippen molar-refractivity contribution in [3.8, 4) is 5.75 Å². The first kappa shape index (κ1) is 22.5. The van der Waals surface area contributed by atoms with Gasteiger partial charge in [0.05, 0.1) is 20.1 Å². The minimum absolute atomic E-state index is 0.0317. The van der Waals surface area contributed by atoms with E-state index in [0.717, 1.165) is 11.3 Å². The summed E-state index contributed by atoms with van der Waals surface area (Å²) < 4.78 is 11.4. The molecule has 1 fully saturated rings. The van der Waals surface area contributed by atoms with Gasteiger partial charge < -0.3 is 24.7 Å². The van der Waals surface area contributed by atoms with E-state index in [1.807, 2.05) is 18.2 Å². The Labute approximate surface area is 210 Å². The van der Waals surface area contributed by atoms with Crippen molar-refractivity contribution in [3.05, 3.63) is 77.8 Å². The number of imide groups is 1. The van der Waals surface area contributed by atoms with Crippen LogP contribution in [0.5, 0.6) is 5.75 Å². The minimum atomic E-state index is -1.28. The number of urea groups is 1. The summed E-state index contributed by atoms with van der Waals surface area (Å²) in [6.45, 7) is 0.361. The molecule has 1 unspecified atom stereocenters. The molecule has 0 aliphatic carbocycles. The van der Waals surface area contributed by atoms with Gasteiger partial charge >= 0.3 is 6.03 Å². The van der Waals surface area contributed by atoms with E-state index in [0.29, 0.717) is 40.5 Å². The smallest absolute Gasteiger partial charge is 0.322 e. The Morgan fingerprint density at radius 3 is 2.73 bits per heavy atom. The van der Waals surface area contributed by atoms with Crippen LogP contribution in [0, 0.1) is 0 Å². The molecule has 0 spiro atoms. The molecule has 1 saturated heterocycles. The molecular weight excluding hydrogens is 476 g/mol. The highest BCUT2D eigenvalue weighted by Gasteiger charge is 2.47. The van der Waals surface area contributed by atoms with Gasteiger partial charge in [-0.3, -0.25) is 19.9 Å². The number of carbonyl (C=O) groups is 3. The number of hydrogen-bond donors (Lipinski definition) is 3. The zero-order valence-corrected chi connectivity index (χ0v) is 19.8. The van der Waals surface area contributed by atoms with Gasteiger partial charge in [0, 0.05) is 36.3 Å². The molecule has 2 aliphatic heterocycles. The number of nitrogens with zero attached hydrogens (tertiary/aromatic N) is 3. The lowest BCUT2D eigenvalue weighted by molar-refractivity contribution is -0.123. The van der Waals surface area contributed by atoms with E-state index in [4.69, 9.17) is 9.15 Å². The van der Waals surface area contributed by atoms with Gasteiger partial charge in [-0.1, -0.05) is 6.07 Å². The summed E-state index contributed by atoms with van der Waals surface area (Å²) in [5, 5.41) is 8.32. The monoisotopic (exact) mass is 498 g/mol. The van der Waals surface area contributed by atoms with Gasteiger partial charge in [-0.25, -0.2) is 9.78 Å². The molecule has 4 aromatic rings. The molecule has 1 atom stereocenters. The van der Waals surface area contributed by atoms with Gasteiger partial charge in [0.1, 0.15) is 28.4 Å². The van der Waals surface area contributed by atoms with Crippen molar-refractivity contribution in [2.24, 2.45) is 0 Å². The number of ether oxygens (including phenoxy) is 1. The number of anilines is 2. The highest BCUT2D eigenvalue weighted by Crippen LogP contribution is 2.36. The lowest BCUT2D eigenvalue weighted by atomic mass is 9.89. The predicted octanol–water partition coefficient (Wildman–Crippen LogP) is 3.06. The van der Waals surface area contributed by atoms with Crippen LogP contribution in [0.2, 0.25) is 0 Å². The average Bonchev–Trinajstić information content (AvgIpc) is 3.45. The summed E-state index contributed by atoms with van der Waals surface area (Å²) in [5.41, 5.74) is 1.93. The first-order chi connectivity index (χ1) is 17.9. The topological polar surface area (TPSA) is 139 Å². The van der Waals surface area contributed by atoms with E-state index in [1.54, 1.807) is 47.6 Å². The maximum atomic E-state index is 13.3. The van der Waals surface area contributed by atoms with Crippen molar-refractivity contribution >= 4 is 40.5 Å². The Bertz CT molecular complexity index is 1530. The summed E-state index contributed by atoms with van der Waals surface area (Å²) in [6.07, 6.45) is 3.24. The first-order valence-corrected chi connectivity index (χ1v) is 11.6. The molecule has 11 nitrogen and oxygen atoms in total. The van der Waals surface area contributed by atoms with Crippen LogP contribution in [0.1, 0.15) is 28.1 Å². The molecule has 3 N–H and O–H groups in total. The average molecular weight is 498 g/mol. The molecule has 0 radical (unpaired) electrons. The largest absolute Gasteiger partial charge is 0.497 e. The van der Waals surface area contributed by atoms with Crippen LogP contribution in [0.25, 0.3) is 11.1 Å². The lowest BCUT2D eigenvalue weighted by Gasteiger charge is -2.38. The third kappa shape index (κ3) is 4.10. The van der Waals surface area contributed by atoms with Crippen LogP contribution in [-0.4, -0.2) is 46.4 Å². The van der Waals surface area contributed by atoms with E-state index in [-0.39, 0.29) is 18.9 Å². The Balaban J connectivity index is 1.35. The number of hydrogen-bond acceptors (Lipinski definition) is 8. The maximum Gasteiger partial charge on any atom is 0.322 e. The predicted molar refractivity (Wildman–Crippen MR) is 132 cm³/mol. The van der Waals surface area contributed by atoms with Gasteiger partial charge in [-0.2, -0.15) is 0 Å². The Morgan fingerprint density at radius 1 is 1.11 bits per heavy atom. The van der Waals surface area contributed by atoms with Crippen molar-refractivity contribution in [2.75, 3.05) is 19.0 Å². The summed E-state index contributed by atoms with van der Waals surface area (Å²) in [5.74, 6) is 0.813. The number of aromatic nitrogens is 2. The normalized spacial score (nSPS) is 18.9. The second-order valence-corrected chi connectivity index (χ2v) is 9.00. The number of rotatable bonds is 6. The third-order valence-corrected chi connectivity index (χ3v) is 6.52. The van der Waals surface area contributed by atoms with Crippen LogP contribution < -0.4 is 20.7 Å². The molecule has 186 valence electrons. The Kier molecular flexibility index (Phi) is 5.25. The number of carbonyl (C=O) groups excluding carboxylic acids is 3. The molecular formula is C26H22N6O5. The van der Waals surface area contributed by atoms with E-state index in [2.05, 4.69) is 25.9 Å². The summed E-state index contributed by atoms with van der Waals surface area (Å²) in [6, 6.07) is 13.5. The Morgan fingerprint density at radius 2 is 1.95 bits per heavy atom.